The number of hydrogen-bond acceptors (Lipinski definition) is 0. The molecular formula is C8H9ClN. The molecule has 0 aromatic heterocycles. The number of benzene rings is 1. The van der Waals surface area contributed by atoms with Gasteiger partial charge in [0, 0.05) is 11.1 Å². The lowest BCUT2D eigenvalue weighted by Crippen LogP contribution is -1.91. The fourth-order valence-corrected chi connectivity index (χ4v) is 0.975. The van der Waals surface area contributed by atoms with Gasteiger partial charge in [-0.05, 0) is 24.6 Å². The van der Waals surface area contributed by atoms with Crippen molar-refractivity contribution in [1.82, 2.24) is 5.73 Å². The highest BCUT2D eigenvalue weighted by molar-refractivity contribution is 6.30. The van der Waals surface area contributed by atoms with Gasteiger partial charge in [-0.25, -0.2) is 0 Å². The standard InChI is InChI=1S/C8H9ClN/c1-6(10)7-3-2-4-8(9)5-7/h2-6,10H,1H3. The molecule has 0 aliphatic carbocycles. The van der Waals surface area contributed by atoms with Gasteiger partial charge in [-0.15, -0.1) is 0 Å². The van der Waals surface area contributed by atoms with Crippen molar-refractivity contribution in [2.75, 3.05) is 0 Å². The monoisotopic (exact) mass is 154 g/mol. The Hall–Kier alpha value is -0.530. The zero-order valence-electron chi connectivity index (χ0n) is 5.76. The highest BCUT2D eigenvalue weighted by Gasteiger charge is 1.98. The SMILES string of the molecule is CC([NH])c1cccc(Cl)c1. The lowest BCUT2D eigenvalue weighted by atomic mass is 10.1. The third kappa shape index (κ3) is 1.72. The van der Waals surface area contributed by atoms with Gasteiger partial charge in [-0.3, -0.25) is 5.73 Å². The average molecular weight is 155 g/mol. The molecule has 0 amide bonds. The molecule has 0 fully saturated rings. The van der Waals surface area contributed by atoms with Gasteiger partial charge in [0.1, 0.15) is 0 Å². The predicted octanol–water partition coefficient (Wildman–Crippen LogP) is 2.68. The van der Waals surface area contributed by atoms with E-state index in [0.717, 1.165) is 5.56 Å². The molecule has 0 bridgehead atoms. The first-order valence-corrected chi connectivity index (χ1v) is 3.54. The first-order valence-electron chi connectivity index (χ1n) is 3.17. The first-order chi connectivity index (χ1) is 4.70. The summed E-state index contributed by atoms with van der Waals surface area (Å²) >= 11 is 5.71. The molecule has 1 unspecified atom stereocenters. The minimum atomic E-state index is -0.182. The zero-order valence-corrected chi connectivity index (χ0v) is 6.52. The molecule has 1 aromatic carbocycles. The van der Waals surface area contributed by atoms with E-state index in [1.54, 1.807) is 0 Å². The van der Waals surface area contributed by atoms with Crippen LogP contribution in [0.1, 0.15) is 18.5 Å². The van der Waals surface area contributed by atoms with Crippen LogP contribution in [-0.2, 0) is 0 Å². The Morgan fingerprint density at radius 3 is 2.60 bits per heavy atom. The minimum Gasteiger partial charge on any atom is -0.250 e. The lowest BCUT2D eigenvalue weighted by molar-refractivity contribution is 0.788. The molecule has 0 saturated heterocycles. The molecule has 0 aliphatic rings. The van der Waals surface area contributed by atoms with Crippen molar-refractivity contribution in [3.05, 3.63) is 34.9 Å². The maximum atomic E-state index is 7.36. The van der Waals surface area contributed by atoms with Gasteiger partial charge in [0.15, 0.2) is 0 Å². The van der Waals surface area contributed by atoms with E-state index < -0.39 is 0 Å². The summed E-state index contributed by atoms with van der Waals surface area (Å²) in [4.78, 5) is 0. The smallest absolute Gasteiger partial charge is 0.0434 e. The molecule has 0 spiro atoms. The van der Waals surface area contributed by atoms with Gasteiger partial charge >= 0.3 is 0 Å². The third-order valence-corrected chi connectivity index (χ3v) is 1.58. The summed E-state index contributed by atoms with van der Waals surface area (Å²) in [5.74, 6) is 0. The summed E-state index contributed by atoms with van der Waals surface area (Å²) < 4.78 is 0. The van der Waals surface area contributed by atoms with E-state index in [1.807, 2.05) is 31.2 Å². The predicted molar refractivity (Wildman–Crippen MR) is 43.0 cm³/mol. The van der Waals surface area contributed by atoms with Crippen molar-refractivity contribution in [3.63, 3.8) is 0 Å². The number of rotatable bonds is 1. The van der Waals surface area contributed by atoms with Crippen LogP contribution in [0.25, 0.3) is 0 Å². The van der Waals surface area contributed by atoms with Crippen LogP contribution < -0.4 is 5.73 Å². The normalized spacial score (nSPS) is 13.1. The molecule has 1 aromatic rings. The maximum absolute atomic E-state index is 7.36. The summed E-state index contributed by atoms with van der Waals surface area (Å²) in [5.41, 5.74) is 8.32. The van der Waals surface area contributed by atoms with Gasteiger partial charge in [-0.1, -0.05) is 23.7 Å². The van der Waals surface area contributed by atoms with Crippen molar-refractivity contribution in [1.29, 1.82) is 0 Å². The number of nitrogens with one attached hydrogen (secondary N) is 1. The Morgan fingerprint density at radius 1 is 1.50 bits per heavy atom. The third-order valence-electron chi connectivity index (χ3n) is 1.35. The van der Waals surface area contributed by atoms with Crippen LogP contribution in [0.3, 0.4) is 0 Å². The van der Waals surface area contributed by atoms with Crippen molar-refractivity contribution in [3.8, 4) is 0 Å². The number of halogens is 1. The number of hydrogen-bond donors (Lipinski definition) is 0. The van der Waals surface area contributed by atoms with E-state index in [9.17, 15) is 0 Å². The topological polar surface area (TPSA) is 23.8 Å². The van der Waals surface area contributed by atoms with Crippen LogP contribution >= 0.6 is 11.6 Å². The second-order valence-corrected chi connectivity index (χ2v) is 2.71. The molecule has 1 N–H and O–H groups in total. The van der Waals surface area contributed by atoms with Gasteiger partial charge in [0.25, 0.3) is 0 Å². The van der Waals surface area contributed by atoms with Crippen LogP contribution in [0.15, 0.2) is 24.3 Å². The molecule has 1 radical (unpaired) electrons. The summed E-state index contributed by atoms with van der Waals surface area (Å²) in [6.07, 6.45) is 0. The summed E-state index contributed by atoms with van der Waals surface area (Å²) in [7, 11) is 0. The molecule has 1 rings (SSSR count). The average Bonchev–Trinajstić information content (AvgIpc) is 1.88. The Labute approximate surface area is 65.8 Å². The van der Waals surface area contributed by atoms with Crippen molar-refractivity contribution < 1.29 is 0 Å². The van der Waals surface area contributed by atoms with Crippen LogP contribution in [0.4, 0.5) is 0 Å². The largest absolute Gasteiger partial charge is 0.250 e. The second kappa shape index (κ2) is 3.04. The van der Waals surface area contributed by atoms with Gasteiger partial charge in [0.05, 0.1) is 0 Å². The van der Waals surface area contributed by atoms with Gasteiger partial charge in [-0.2, -0.15) is 0 Å². The molecule has 2 heteroatoms. The van der Waals surface area contributed by atoms with Gasteiger partial charge < -0.3 is 0 Å². The van der Waals surface area contributed by atoms with Crippen molar-refractivity contribution in [2.45, 2.75) is 13.0 Å². The van der Waals surface area contributed by atoms with E-state index in [1.165, 1.54) is 0 Å². The second-order valence-electron chi connectivity index (χ2n) is 2.28. The van der Waals surface area contributed by atoms with Crippen molar-refractivity contribution >= 4 is 11.6 Å². The van der Waals surface area contributed by atoms with E-state index in [0.29, 0.717) is 5.02 Å². The summed E-state index contributed by atoms with van der Waals surface area (Å²) in [6, 6.07) is 7.22. The highest BCUT2D eigenvalue weighted by atomic mass is 35.5. The van der Waals surface area contributed by atoms with E-state index in [-0.39, 0.29) is 6.04 Å². The quantitative estimate of drug-likeness (QED) is 0.594. The van der Waals surface area contributed by atoms with Crippen molar-refractivity contribution in [2.24, 2.45) is 0 Å². The molecular weight excluding hydrogens is 146 g/mol. The Balaban J connectivity index is 2.96. The van der Waals surface area contributed by atoms with Crippen LogP contribution in [0, 0.1) is 0 Å². The first kappa shape index (κ1) is 7.58. The zero-order chi connectivity index (χ0) is 7.56. The fourth-order valence-electron chi connectivity index (χ4n) is 0.776. The van der Waals surface area contributed by atoms with Gasteiger partial charge in [0.2, 0.25) is 0 Å². The Morgan fingerprint density at radius 2 is 2.20 bits per heavy atom. The van der Waals surface area contributed by atoms with E-state index >= 15 is 0 Å². The molecule has 10 heavy (non-hydrogen) atoms. The van der Waals surface area contributed by atoms with E-state index in [2.05, 4.69) is 0 Å². The Kier molecular flexibility index (Phi) is 2.30. The molecule has 0 aliphatic heterocycles. The molecule has 0 heterocycles. The highest BCUT2D eigenvalue weighted by Crippen LogP contribution is 2.15. The van der Waals surface area contributed by atoms with Crippen LogP contribution in [0.2, 0.25) is 5.02 Å². The van der Waals surface area contributed by atoms with Crippen LogP contribution in [0.5, 0.6) is 0 Å². The molecule has 0 saturated carbocycles. The van der Waals surface area contributed by atoms with E-state index in [4.69, 9.17) is 17.3 Å². The lowest BCUT2D eigenvalue weighted by Gasteiger charge is -2.02. The van der Waals surface area contributed by atoms with Crippen LogP contribution in [-0.4, -0.2) is 0 Å². The minimum absolute atomic E-state index is 0.182. The Bertz CT molecular complexity index is 220. The fraction of sp³-hybridized carbons (Fsp3) is 0.250. The summed E-state index contributed by atoms with van der Waals surface area (Å²) in [5, 5.41) is 0.705. The summed E-state index contributed by atoms with van der Waals surface area (Å²) in [6.45, 7) is 1.83. The maximum Gasteiger partial charge on any atom is 0.0434 e. The molecule has 53 valence electrons. The molecule has 1 nitrogen and oxygen atoms in total. The molecule has 1 atom stereocenters.